The van der Waals surface area contributed by atoms with Crippen molar-refractivity contribution >= 4 is 33.6 Å². The van der Waals surface area contributed by atoms with Gasteiger partial charge in [-0.25, -0.2) is 0 Å². The number of rotatable bonds is 8. The maximum absolute atomic E-state index is 12.3. The number of hydrogen-bond donors (Lipinski definition) is 1. The maximum Gasteiger partial charge on any atom is 0.230 e. The molecule has 8 heteroatoms. The van der Waals surface area contributed by atoms with Gasteiger partial charge in [0.25, 0.3) is 0 Å². The molecule has 0 aliphatic heterocycles. The largest absolute Gasteiger partial charge is 0.483 e. The Morgan fingerprint density at radius 3 is 2.68 bits per heavy atom. The molecule has 1 aromatic heterocycles. The normalized spacial score (nSPS) is 16.0. The van der Waals surface area contributed by atoms with Gasteiger partial charge in [0, 0.05) is 17.1 Å². The van der Waals surface area contributed by atoms with E-state index in [0.717, 1.165) is 40.6 Å². The second kappa shape index (κ2) is 10.3. The van der Waals surface area contributed by atoms with Crippen molar-refractivity contribution < 1.29 is 9.53 Å². The van der Waals surface area contributed by atoms with Crippen molar-refractivity contribution in [1.82, 2.24) is 20.1 Å². The van der Waals surface area contributed by atoms with Crippen LogP contribution in [0, 0.1) is 0 Å². The first-order chi connectivity index (χ1) is 13.6. The molecule has 0 saturated heterocycles. The molecule has 1 N–H and O–H groups in total. The molecule has 1 aromatic carbocycles. The van der Waals surface area contributed by atoms with E-state index < -0.39 is 0 Å². The molecule has 3 rings (SSSR count). The lowest BCUT2D eigenvalue weighted by Crippen LogP contribution is -2.37. The number of amides is 1. The average Bonchev–Trinajstić information content (AvgIpc) is 3.12. The zero-order valence-corrected chi connectivity index (χ0v) is 18.8. The Balaban J connectivity index is 1.57. The molecule has 0 spiro atoms. The topological polar surface area (TPSA) is 69.0 Å². The standard InChI is InChI=1S/C20H27BrN4O2S/c1-3-25-19(14(2)27-17-11-9-15(21)10-12-17)23-24-20(25)28-13-18(26)22-16-7-5-4-6-8-16/h9-12,14,16H,3-8,13H2,1-2H3,(H,22,26). The highest BCUT2D eigenvalue weighted by Crippen LogP contribution is 2.25. The number of hydrogen-bond acceptors (Lipinski definition) is 5. The highest BCUT2D eigenvalue weighted by Gasteiger charge is 2.20. The summed E-state index contributed by atoms with van der Waals surface area (Å²) in [5, 5.41) is 12.5. The fraction of sp³-hybridized carbons (Fsp3) is 0.550. The first-order valence-electron chi connectivity index (χ1n) is 9.84. The fourth-order valence-electron chi connectivity index (χ4n) is 3.42. The number of nitrogens with one attached hydrogen (secondary N) is 1. The Hall–Kier alpha value is -1.54. The van der Waals surface area contributed by atoms with E-state index in [1.807, 2.05) is 42.7 Å². The van der Waals surface area contributed by atoms with E-state index in [9.17, 15) is 4.79 Å². The molecule has 6 nitrogen and oxygen atoms in total. The summed E-state index contributed by atoms with van der Waals surface area (Å²) in [6, 6.07) is 8.05. The van der Waals surface area contributed by atoms with Gasteiger partial charge < -0.3 is 14.6 Å². The summed E-state index contributed by atoms with van der Waals surface area (Å²) in [4.78, 5) is 12.3. The third-order valence-corrected chi connectivity index (χ3v) is 6.35. The summed E-state index contributed by atoms with van der Waals surface area (Å²) in [6.07, 6.45) is 5.65. The monoisotopic (exact) mass is 466 g/mol. The van der Waals surface area contributed by atoms with E-state index >= 15 is 0 Å². The van der Waals surface area contributed by atoms with Gasteiger partial charge in [-0.1, -0.05) is 47.0 Å². The molecule has 1 atom stereocenters. The molecule has 1 heterocycles. The van der Waals surface area contributed by atoms with Crippen LogP contribution in [0.5, 0.6) is 5.75 Å². The van der Waals surface area contributed by atoms with Gasteiger partial charge in [0.1, 0.15) is 5.75 Å². The Morgan fingerprint density at radius 2 is 2.00 bits per heavy atom. The van der Waals surface area contributed by atoms with Gasteiger partial charge in [0.05, 0.1) is 5.75 Å². The maximum atomic E-state index is 12.3. The number of carbonyl (C=O) groups excluding carboxylic acids is 1. The summed E-state index contributed by atoms with van der Waals surface area (Å²) in [5.41, 5.74) is 0. The first-order valence-corrected chi connectivity index (χ1v) is 11.6. The molecule has 1 fully saturated rings. The Morgan fingerprint density at radius 1 is 1.29 bits per heavy atom. The first kappa shape index (κ1) is 21.2. The van der Waals surface area contributed by atoms with Gasteiger partial charge in [-0.3, -0.25) is 4.79 Å². The third-order valence-electron chi connectivity index (χ3n) is 4.85. The molecule has 152 valence electrons. The van der Waals surface area contributed by atoms with Crippen molar-refractivity contribution in [2.24, 2.45) is 0 Å². The Labute approximate surface area is 179 Å². The second-order valence-corrected chi connectivity index (χ2v) is 8.85. The van der Waals surface area contributed by atoms with E-state index in [1.54, 1.807) is 0 Å². The third kappa shape index (κ3) is 5.73. The molecular weight excluding hydrogens is 440 g/mol. The number of benzene rings is 1. The van der Waals surface area contributed by atoms with Crippen LogP contribution in [0.25, 0.3) is 0 Å². The molecule has 1 amide bonds. The van der Waals surface area contributed by atoms with Crippen LogP contribution in [0.4, 0.5) is 0 Å². The van der Waals surface area contributed by atoms with E-state index in [1.165, 1.54) is 31.0 Å². The quantitative estimate of drug-likeness (QED) is 0.568. The van der Waals surface area contributed by atoms with Crippen LogP contribution in [0.3, 0.4) is 0 Å². The molecule has 0 bridgehead atoms. The van der Waals surface area contributed by atoms with Crippen molar-refractivity contribution in [3.8, 4) is 5.75 Å². The van der Waals surface area contributed by atoms with Crippen LogP contribution in [0.15, 0.2) is 33.9 Å². The lowest BCUT2D eigenvalue weighted by molar-refractivity contribution is -0.119. The van der Waals surface area contributed by atoms with Crippen molar-refractivity contribution in [1.29, 1.82) is 0 Å². The second-order valence-electron chi connectivity index (χ2n) is 6.99. The number of halogens is 1. The highest BCUT2D eigenvalue weighted by atomic mass is 79.9. The van der Waals surface area contributed by atoms with Crippen molar-refractivity contribution in [2.45, 2.75) is 69.8 Å². The zero-order chi connectivity index (χ0) is 19.9. The SMILES string of the molecule is CCn1c(SCC(=O)NC2CCCCC2)nnc1C(C)Oc1ccc(Br)cc1. The predicted octanol–water partition coefficient (Wildman–Crippen LogP) is 4.74. The fourth-order valence-corrected chi connectivity index (χ4v) is 4.51. The number of ether oxygens (including phenoxy) is 1. The summed E-state index contributed by atoms with van der Waals surface area (Å²) >= 11 is 4.86. The van der Waals surface area contributed by atoms with Crippen molar-refractivity contribution in [2.75, 3.05) is 5.75 Å². The van der Waals surface area contributed by atoms with Crippen LogP contribution in [-0.4, -0.2) is 32.5 Å². The summed E-state index contributed by atoms with van der Waals surface area (Å²) < 4.78 is 9.03. The molecule has 1 aliphatic rings. The Bertz CT molecular complexity index is 775. The summed E-state index contributed by atoms with van der Waals surface area (Å²) in [5.74, 6) is 1.97. The lowest BCUT2D eigenvalue weighted by atomic mass is 9.95. The summed E-state index contributed by atoms with van der Waals surface area (Å²) in [6.45, 7) is 4.73. The van der Waals surface area contributed by atoms with Crippen LogP contribution in [0.2, 0.25) is 0 Å². The summed E-state index contributed by atoms with van der Waals surface area (Å²) in [7, 11) is 0. The predicted molar refractivity (Wildman–Crippen MR) is 115 cm³/mol. The van der Waals surface area contributed by atoms with E-state index in [4.69, 9.17) is 4.74 Å². The van der Waals surface area contributed by atoms with E-state index in [0.29, 0.717) is 11.8 Å². The minimum Gasteiger partial charge on any atom is -0.483 e. The van der Waals surface area contributed by atoms with Gasteiger partial charge in [0.2, 0.25) is 5.91 Å². The molecule has 28 heavy (non-hydrogen) atoms. The van der Waals surface area contributed by atoms with Crippen LogP contribution >= 0.6 is 27.7 Å². The minimum atomic E-state index is -0.237. The average molecular weight is 467 g/mol. The van der Waals surface area contributed by atoms with E-state index in [2.05, 4.69) is 31.4 Å². The highest BCUT2D eigenvalue weighted by molar-refractivity contribution is 9.10. The molecular formula is C20H27BrN4O2S. The molecule has 1 unspecified atom stereocenters. The smallest absolute Gasteiger partial charge is 0.230 e. The van der Waals surface area contributed by atoms with Crippen LogP contribution in [0.1, 0.15) is 57.9 Å². The molecule has 0 radical (unpaired) electrons. The number of thioether (sulfide) groups is 1. The van der Waals surface area contributed by atoms with E-state index in [-0.39, 0.29) is 12.0 Å². The van der Waals surface area contributed by atoms with Gasteiger partial charge in [-0.2, -0.15) is 0 Å². The number of nitrogens with zero attached hydrogens (tertiary/aromatic N) is 3. The van der Waals surface area contributed by atoms with Crippen LogP contribution < -0.4 is 10.1 Å². The van der Waals surface area contributed by atoms with Crippen molar-refractivity contribution in [3.63, 3.8) is 0 Å². The molecule has 1 aliphatic carbocycles. The molecule has 1 saturated carbocycles. The van der Waals surface area contributed by atoms with Gasteiger partial charge in [-0.15, -0.1) is 10.2 Å². The van der Waals surface area contributed by atoms with Gasteiger partial charge in [-0.05, 0) is 51.0 Å². The molecule has 2 aromatic rings. The Kier molecular flexibility index (Phi) is 7.79. The lowest BCUT2D eigenvalue weighted by Gasteiger charge is -2.22. The zero-order valence-electron chi connectivity index (χ0n) is 16.4. The van der Waals surface area contributed by atoms with Gasteiger partial charge >= 0.3 is 0 Å². The van der Waals surface area contributed by atoms with Gasteiger partial charge in [0.15, 0.2) is 17.1 Å². The number of carbonyl (C=O) groups is 1. The van der Waals surface area contributed by atoms with Crippen LogP contribution in [-0.2, 0) is 11.3 Å². The minimum absolute atomic E-state index is 0.0725. The van der Waals surface area contributed by atoms with Crippen molar-refractivity contribution in [3.05, 3.63) is 34.6 Å². The number of aromatic nitrogens is 3.